The Morgan fingerprint density at radius 2 is 1.72 bits per heavy atom. The molecule has 29 heavy (non-hydrogen) atoms. The van der Waals surface area contributed by atoms with E-state index in [1.807, 2.05) is 6.92 Å². The number of ether oxygens (including phenoxy) is 1. The van der Waals surface area contributed by atoms with Crippen molar-refractivity contribution in [3.05, 3.63) is 53.0 Å². The second-order valence-electron chi connectivity index (χ2n) is 7.06. The zero-order chi connectivity index (χ0) is 21.2. The molecule has 1 saturated heterocycles. The smallest absolute Gasteiger partial charge is 0.416 e. The molecule has 158 valence electrons. The van der Waals surface area contributed by atoms with Crippen LogP contribution in [0.25, 0.3) is 0 Å². The average molecular weight is 429 g/mol. The zero-order valence-corrected chi connectivity index (χ0v) is 16.9. The monoisotopic (exact) mass is 429 g/mol. The van der Waals surface area contributed by atoms with Gasteiger partial charge in [-0.05, 0) is 44.4 Å². The van der Waals surface area contributed by atoms with Gasteiger partial charge in [-0.25, -0.2) is 17.7 Å². The lowest BCUT2D eigenvalue weighted by Gasteiger charge is -2.31. The molecule has 1 aliphatic heterocycles. The molecule has 1 aliphatic rings. The molecule has 0 amide bonds. The van der Waals surface area contributed by atoms with Gasteiger partial charge in [0.1, 0.15) is 11.9 Å². The van der Waals surface area contributed by atoms with E-state index in [-0.39, 0.29) is 24.9 Å². The van der Waals surface area contributed by atoms with Gasteiger partial charge >= 0.3 is 6.18 Å². The van der Waals surface area contributed by atoms with Crippen molar-refractivity contribution in [2.45, 2.75) is 44.7 Å². The van der Waals surface area contributed by atoms with Crippen LogP contribution in [-0.2, 0) is 22.0 Å². The fourth-order valence-corrected chi connectivity index (χ4v) is 4.80. The van der Waals surface area contributed by atoms with Gasteiger partial charge < -0.3 is 4.74 Å². The standard InChI is InChI=1S/C19H22F3N3O3S/c1-13-11-18(24-14(2)23-13)28-17-7-9-25(10-8-17)29(26,27)12-15-3-5-16(6-4-15)19(20,21)22/h3-6,11,17H,7-10,12H2,1-2H3. The minimum atomic E-state index is -4.44. The van der Waals surface area contributed by atoms with Gasteiger partial charge in [0.15, 0.2) is 0 Å². The van der Waals surface area contributed by atoms with Crippen molar-refractivity contribution in [1.29, 1.82) is 0 Å². The van der Waals surface area contributed by atoms with Crippen LogP contribution in [0.2, 0.25) is 0 Å². The first kappa shape index (κ1) is 21.5. The highest BCUT2D eigenvalue weighted by molar-refractivity contribution is 7.88. The Hall–Kier alpha value is -2.20. The SMILES string of the molecule is Cc1cc(OC2CCN(S(=O)(=O)Cc3ccc(C(F)(F)F)cc3)CC2)nc(C)n1. The van der Waals surface area contributed by atoms with Gasteiger partial charge in [-0.15, -0.1) is 0 Å². The lowest BCUT2D eigenvalue weighted by molar-refractivity contribution is -0.137. The summed E-state index contributed by atoms with van der Waals surface area (Å²) in [6.07, 6.45) is -3.58. The summed E-state index contributed by atoms with van der Waals surface area (Å²) >= 11 is 0. The van der Waals surface area contributed by atoms with Crippen LogP contribution in [0.15, 0.2) is 30.3 Å². The van der Waals surface area contributed by atoms with Crippen LogP contribution in [-0.4, -0.2) is 41.9 Å². The van der Waals surface area contributed by atoms with Gasteiger partial charge in [-0.3, -0.25) is 0 Å². The number of halogens is 3. The third kappa shape index (κ3) is 5.66. The normalized spacial score (nSPS) is 16.7. The first-order valence-corrected chi connectivity index (χ1v) is 10.8. The van der Waals surface area contributed by atoms with Gasteiger partial charge in [0.2, 0.25) is 15.9 Å². The van der Waals surface area contributed by atoms with Crippen molar-refractivity contribution in [2.24, 2.45) is 0 Å². The minimum Gasteiger partial charge on any atom is -0.474 e. The van der Waals surface area contributed by atoms with Crippen molar-refractivity contribution >= 4 is 10.0 Å². The topological polar surface area (TPSA) is 72.4 Å². The summed E-state index contributed by atoms with van der Waals surface area (Å²) in [5, 5.41) is 0. The van der Waals surface area contributed by atoms with Gasteiger partial charge in [-0.1, -0.05) is 12.1 Å². The van der Waals surface area contributed by atoms with Gasteiger partial charge in [0.25, 0.3) is 0 Å². The quantitative estimate of drug-likeness (QED) is 0.728. The second-order valence-corrected chi connectivity index (χ2v) is 9.03. The third-order valence-electron chi connectivity index (χ3n) is 4.65. The van der Waals surface area contributed by atoms with Crippen LogP contribution in [0.3, 0.4) is 0 Å². The molecule has 1 fully saturated rings. The molecule has 0 atom stereocenters. The molecule has 2 heterocycles. The van der Waals surface area contributed by atoms with Crippen molar-refractivity contribution < 1.29 is 26.3 Å². The summed E-state index contributed by atoms with van der Waals surface area (Å²) in [5.41, 5.74) is 0.319. The van der Waals surface area contributed by atoms with Crippen molar-refractivity contribution in [1.82, 2.24) is 14.3 Å². The number of nitrogens with zero attached hydrogens (tertiary/aromatic N) is 3. The van der Waals surface area contributed by atoms with E-state index in [0.717, 1.165) is 17.8 Å². The number of piperidine rings is 1. The molecule has 0 spiro atoms. The number of sulfonamides is 1. The molecule has 10 heteroatoms. The molecule has 0 N–H and O–H groups in total. The first-order valence-electron chi connectivity index (χ1n) is 9.16. The second kappa shape index (κ2) is 8.27. The van der Waals surface area contributed by atoms with E-state index in [9.17, 15) is 21.6 Å². The van der Waals surface area contributed by atoms with E-state index >= 15 is 0 Å². The summed E-state index contributed by atoms with van der Waals surface area (Å²) in [6, 6.07) is 5.94. The Morgan fingerprint density at radius 3 is 2.28 bits per heavy atom. The lowest BCUT2D eigenvalue weighted by Crippen LogP contribution is -2.42. The molecule has 1 aromatic heterocycles. The fourth-order valence-electron chi connectivity index (χ4n) is 3.23. The number of aromatic nitrogens is 2. The van der Waals surface area contributed by atoms with Crippen molar-refractivity contribution in [2.75, 3.05) is 13.1 Å². The number of rotatable bonds is 5. The Morgan fingerprint density at radius 1 is 1.10 bits per heavy atom. The van der Waals surface area contributed by atoms with Gasteiger partial charge in [-0.2, -0.15) is 18.2 Å². The lowest BCUT2D eigenvalue weighted by atomic mass is 10.1. The van der Waals surface area contributed by atoms with Crippen LogP contribution >= 0.6 is 0 Å². The van der Waals surface area contributed by atoms with E-state index in [0.29, 0.717) is 30.1 Å². The summed E-state index contributed by atoms with van der Waals surface area (Å²) in [6.45, 7) is 4.20. The van der Waals surface area contributed by atoms with Crippen LogP contribution in [0.5, 0.6) is 5.88 Å². The van der Waals surface area contributed by atoms with Gasteiger partial charge in [0.05, 0.1) is 11.3 Å². The van der Waals surface area contributed by atoms with E-state index in [1.54, 1.807) is 13.0 Å². The molecule has 0 radical (unpaired) electrons. The number of hydrogen-bond donors (Lipinski definition) is 0. The Labute approximate surface area is 167 Å². The average Bonchev–Trinajstić information content (AvgIpc) is 2.60. The maximum atomic E-state index is 12.6. The van der Waals surface area contributed by atoms with Crippen LogP contribution in [0, 0.1) is 13.8 Å². The molecule has 6 nitrogen and oxygen atoms in total. The highest BCUT2D eigenvalue weighted by Gasteiger charge is 2.31. The maximum Gasteiger partial charge on any atom is 0.416 e. The van der Waals surface area contributed by atoms with E-state index in [4.69, 9.17) is 4.74 Å². The molecule has 3 rings (SSSR count). The molecular weight excluding hydrogens is 407 g/mol. The molecule has 1 aromatic carbocycles. The van der Waals surface area contributed by atoms with Crippen LogP contribution < -0.4 is 4.74 Å². The van der Waals surface area contributed by atoms with Crippen LogP contribution in [0.1, 0.15) is 35.5 Å². The number of hydrogen-bond acceptors (Lipinski definition) is 5. The van der Waals surface area contributed by atoms with E-state index in [1.165, 1.54) is 16.4 Å². The van der Waals surface area contributed by atoms with Crippen molar-refractivity contribution in [3.63, 3.8) is 0 Å². The first-order chi connectivity index (χ1) is 13.5. The summed E-state index contributed by atoms with van der Waals surface area (Å²) < 4.78 is 70.4. The highest BCUT2D eigenvalue weighted by atomic mass is 32.2. The number of alkyl halides is 3. The van der Waals surface area contributed by atoms with E-state index in [2.05, 4.69) is 9.97 Å². The minimum absolute atomic E-state index is 0.152. The predicted molar refractivity (Wildman–Crippen MR) is 101 cm³/mol. The summed E-state index contributed by atoms with van der Waals surface area (Å²) in [7, 11) is -3.62. The largest absolute Gasteiger partial charge is 0.474 e. The summed E-state index contributed by atoms with van der Waals surface area (Å²) in [4.78, 5) is 8.42. The fraction of sp³-hybridized carbons (Fsp3) is 0.474. The zero-order valence-electron chi connectivity index (χ0n) is 16.1. The predicted octanol–water partition coefficient (Wildman–Crippen LogP) is 3.49. The number of benzene rings is 1. The van der Waals surface area contributed by atoms with Crippen molar-refractivity contribution in [3.8, 4) is 5.88 Å². The Kier molecular flexibility index (Phi) is 6.13. The molecule has 0 unspecified atom stereocenters. The maximum absolute atomic E-state index is 12.6. The highest BCUT2D eigenvalue weighted by Crippen LogP contribution is 2.29. The molecular formula is C19H22F3N3O3S. The molecule has 0 saturated carbocycles. The third-order valence-corrected chi connectivity index (χ3v) is 6.50. The van der Waals surface area contributed by atoms with E-state index < -0.39 is 21.8 Å². The van der Waals surface area contributed by atoms with Crippen LogP contribution in [0.4, 0.5) is 13.2 Å². The number of aryl methyl sites for hydroxylation is 2. The summed E-state index contributed by atoms with van der Waals surface area (Å²) in [5.74, 6) is 0.749. The Balaban J connectivity index is 1.58. The molecule has 2 aromatic rings. The molecule has 0 aliphatic carbocycles. The molecule has 0 bridgehead atoms. The van der Waals surface area contributed by atoms with Gasteiger partial charge in [0, 0.05) is 24.8 Å². The Bertz CT molecular complexity index is 935.